The van der Waals surface area contributed by atoms with Gasteiger partial charge in [0.25, 0.3) is 0 Å². The number of allylic oxidation sites excluding steroid dienone is 1. The van der Waals surface area contributed by atoms with Gasteiger partial charge in [0.2, 0.25) is 5.88 Å². The summed E-state index contributed by atoms with van der Waals surface area (Å²) < 4.78 is 14.0. The van der Waals surface area contributed by atoms with Crippen molar-refractivity contribution >= 4 is 0 Å². The topological polar surface area (TPSA) is 63.7 Å². The van der Waals surface area contributed by atoms with Gasteiger partial charge in [0.05, 0.1) is 35.9 Å². The minimum atomic E-state index is -0.476. The highest BCUT2D eigenvalue weighted by Gasteiger charge is 2.24. The fourth-order valence-corrected chi connectivity index (χ4v) is 4.10. The highest BCUT2D eigenvalue weighted by molar-refractivity contribution is 5.43. The number of para-hydroxylation sites is 2. The Labute approximate surface area is 207 Å². The Morgan fingerprint density at radius 3 is 2.46 bits per heavy atom. The fourth-order valence-electron chi connectivity index (χ4n) is 4.10. The molecule has 0 aliphatic rings. The number of hydrogen-bond acceptors (Lipinski definition) is 5. The summed E-state index contributed by atoms with van der Waals surface area (Å²) in [6.07, 6.45) is 5.23. The lowest BCUT2D eigenvalue weighted by Gasteiger charge is -2.24. The highest BCUT2D eigenvalue weighted by atomic mass is 16.5. The molecule has 4 rings (SSSR count). The third-order valence-electron chi connectivity index (χ3n) is 5.83. The largest absolute Gasteiger partial charge is 0.468 e. The van der Waals surface area contributed by atoms with Crippen LogP contribution < -0.4 is 4.74 Å². The van der Waals surface area contributed by atoms with Gasteiger partial charge >= 0.3 is 0 Å². The average Bonchev–Trinajstić information content (AvgIpc) is 3.52. The van der Waals surface area contributed by atoms with E-state index in [0.717, 1.165) is 41.3 Å². The third-order valence-corrected chi connectivity index (χ3v) is 5.83. The zero-order valence-corrected chi connectivity index (χ0v) is 20.2. The van der Waals surface area contributed by atoms with Gasteiger partial charge in [-0.1, -0.05) is 49.4 Å². The average molecular weight is 472 g/mol. The number of benzene rings is 2. The van der Waals surface area contributed by atoms with E-state index in [1.165, 1.54) is 0 Å². The number of aromatic nitrogens is 2. The summed E-state index contributed by atoms with van der Waals surface area (Å²) >= 11 is 0. The number of hydrogen-bond donors (Lipinski definition) is 1. The molecule has 0 saturated carbocycles. The lowest BCUT2D eigenvalue weighted by atomic mass is 10.1. The van der Waals surface area contributed by atoms with Crippen LogP contribution in [0.4, 0.5) is 0 Å². The van der Waals surface area contributed by atoms with Crippen molar-refractivity contribution in [3.63, 3.8) is 0 Å². The molecule has 0 unspecified atom stereocenters. The first-order chi connectivity index (χ1) is 17.2. The van der Waals surface area contributed by atoms with Crippen LogP contribution in [0.15, 0.2) is 96.1 Å². The molecule has 182 valence electrons. The Hall–Kier alpha value is -3.61. The molecule has 2 aromatic heterocycles. The van der Waals surface area contributed by atoms with Crippen LogP contribution in [0.5, 0.6) is 11.6 Å². The van der Waals surface area contributed by atoms with Crippen LogP contribution >= 0.6 is 0 Å². The number of rotatable bonds is 13. The summed E-state index contributed by atoms with van der Waals surface area (Å²) in [5, 5.41) is 15.6. The van der Waals surface area contributed by atoms with E-state index >= 15 is 0 Å². The Balaban J connectivity index is 1.71. The molecule has 35 heavy (non-hydrogen) atoms. The molecule has 0 spiro atoms. The molecule has 0 bridgehead atoms. The van der Waals surface area contributed by atoms with Gasteiger partial charge in [-0.15, -0.1) is 6.58 Å². The summed E-state index contributed by atoms with van der Waals surface area (Å²) in [5.74, 6) is 2.28. The van der Waals surface area contributed by atoms with Crippen molar-refractivity contribution in [3.8, 4) is 17.3 Å². The molecule has 0 amide bonds. The van der Waals surface area contributed by atoms with Gasteiger partial charge in [0.15, 0.2) is 0 Å². The SMILES string of the molecule is C=CCC[C@H](O)CN(Cc1ccco1)Cc1c(CC)nn(-c2ccccc2)c1Oc1ccccc1. The van der Waals surface area contributed by atoms with E-state index in [-0.39, 0.29) is 0 Å². The van der Waals surface area contributed by atoms with E-state index in [4.69, 9.17) is 14.3 Å². The van der Waals surface area contributed by atoms with E-state index in [0.29, 0.717) is 31.9 Å². The fraction of sp³-hybridized carbons (Fsp3) is 0.276. The Morgan fingerprint density at radius 2 is 1.80 bits per heavy atom. The molecule has 6 heteroatoms. The van der Waals surface area contributed by atoms with Crippen molar-refractivity contribution < 1.29 is 14.3 Å². The maximum Gasteiger partial charge on any atom is 0.227 e. The number of aliphatic hydroxyl groups is 1. The minimum Gasteiger partial charge on any atom is -0.468 e. The molecule has 4 aromatic rings. The van der Waals surface area contributed by atoms with E-state index < -0.39 is 6.10 Å². The van der Waals surface area contributed by atoms with Crippen molar-refractivity contribution in [2.45, 2.75) is 45.4 Å². The van der Waals surface area contributed by atoms with Gasteiger partial charge in [-0.05, 0) is 55.7 Å². The molecule has 1 N–H and O–H groups in total. The summed E-state index contributed by atoms with van der Waals surface area (Å²) in [4.78, 5) is 2.19. The molecule has 0 fully saturated rings. The lowest BCUT2D eigenvalue weighted by Crippen LogP contribution is -2.32. The van der Waals surface area contributed by atoms with Gasteiger partial charge in [0.1, 0.15) is 11.5 Å². The summed E-state index contributed by atoms with van der Waals surface area (Å²) in [7, 11) is 0. The van der Waals surface area contributed by atoms with Crippen LogP contribution in [0, 0.1) is 0 Å². The molecular weight excluding hydrogens is 438 g/mol. The predicted molar refractivity (Wildman–Crippen MR) is 138 cm³/mol. The molecular formula is C29H33N3O3. The summed E-state index contributed by atoms with van der Waals surface area (Å²) in [6.45, 7) is 7.51. The quantitative estimate of drug-likeness (QED) is 0.237. The number of nitrogens with zero attached hydrogens (tertiary/aromatic N) is 3. The van der Waals surface area contributed by atoms with Gasteiger partial charge < -0.3 is 14.3 Å². The van der Waals surface area contributed by atoms with Crippen LogP contribution in [-0.2, 0) is 19.5 Å². The molecule has 1 atom stereocenters. The standard InChI is InChI=1S/C29H33N3O3/c1-3-5-15-24(33)20-31(21-26-18-12-19-34-26)22-27-28(4-2)30-32(23-13-8-6-9-14-23)29(27)35-25-16-10-7-11-17-25/h3,6-14,16-19,24,33H,1,4-5,15,20-22H2,2H3/t24-/m0/s1. The van der Waals surface area contributed by atoms with Crippen LogP contribution in [-0.4, -0.2) is 32.4 Å². The smallest absolute Gasteiger partial charge is 0.227 e. The second-order valence-electron chi connectivity index (χ2n) is 8.52. The van der Waals surface area contributed by atoms with Crippen molar-refractivity contribution in [1.29, 1.82) is 0 Å². The van der Waals surface area contributed by atoms with Crippen LogP contribution in [0.3, 0.4) is 0 Å². The Kier molecular flexibility index (Phi) is 8.54. The first-order valence-corrected chi connectivity index (χ1v) is 12.1. The molecule has 6 nitrogen and oxygen atoms in total. The van der Waals surface area contributed by atoms with E-state index in [2.05, 4.69) is 18.4 Å². The summed E-state index contributed by atoms with van der Waals surface area (Å²) in [5.41, 5.74) is 2.90. The Bertz CT molecular complexity index is 1170. The van der Waals surface area contributed by atoms with Gasteiger partial charge in [-0.2, -0.15) is 5.10 Å². The molecule has 0 aliphatic carbocycles. The molecule has 0 aliphatic heterocycles. The second-order valence-corrected chi connectivity index (χ2v) is 8.52. The zero-order chi connectivity index (χ0) is 24.5. The summed E-state index contributed by atoms with van der Waals surface area (Å²) in [6, 6.07) is 23.6. The van der Waals surface area contributed by atoms with Gasteiger partial charge in [0, 0.05) is 13.1 Å². The molecule has 0 radical (unpaired) electrons. The lowest BCUT2D eigenvalue weighted by molar-refractivity contribution is 0.0939. The zero-order valence-electron chi connectivity index (χ0n) is 20.2. The molecule has 0 saturated heterocycles. The number of aliphatic hydroxyl groups excluding tert-OH is 1. The number of ether oxygens (including phenoxy) is 1. The maximum atomic E-state index is 10.7. The van der Waals surface area contributed by atoms with Crippen molar-refractivity contribution in [1.82, 2.24) is 14.7 Å². The Morgan fingerprint density at radius 1 is 1.06 bits per heavy atom. The molecule has 2 heterocycles. The minimum absolute atomic E-state index is 0.476. The van der Waals surface area contributed by atoms with Crippen molar-refractivity contribution in [2.75, 3.05) is 6.54 Å². The van der Waals surface area contributed by atoms with Crippen molar-refractivity contribution in [2.24, 2.45) is 0 Å². The normalized spacial score (nSPS) is 12.1. The van der Waals surface area contributed by atoms with E-state index in [9.17, 15) is 5.11 Å². The monoisotopic (exact) mass is 471 g/mol. The van der Waals surface area contributed by atoms with Crippen LogP contribution in [0.1, 0.15) is 36.8 Å². The number of furan rings is 1. The first-order valence-electron chi connectivity index (χ1n) is 12.1. The second kappa shape index (κ2) is 12.2. The van der Waals surface area contributed by atoms with Gasteiger partial charge in [-0.25, -0.2) is 4.68 Å². The predicted octanol–water partition coefficient (Wildman–Crippen LogP) is 6.15. The third kappa shape index (κ3) is 6.50. The highest BCUT2D eigenvalue weighted by Crippen LogP contribution is 2.32. The maximum absolute atomic E-state index is 10.7. The number of aryl methyl sites for hydroxylation is 1. The molecule has 2 aromatic carbocycles. The van der Waals surface area contributed by atoms with Gasteiger partial charge in [-0.3, -0.25) is 4.90 Å². The van der Waals surface area contributed by atoms with Crippen molar-refractivity contribution in [3.05, 3.63) is 109 Å². The van der Waals surface area contributed by atoms with Crippen LogP contribution in [0.25, 0.3) is 5.69 Å². The van der Waals surface area contributed by atoms with E-state index in [1.807, 2.05) is 83.6 Å². The van der Waals surface area contributed by atoms with E-state index in [1.54, 1.807) is 6.26 Å². The van der Waals surface area contributed by atoms with Crippen LogP contribution in [0.2, 0.25) is 0 Å². The first kappa shape index (κ1) is 24.5.